The Balaban J connectivity index is 2.65. The van der Waals surface area contributed by atoms with Gasteiger partial charge in [-0.15, -0.1) is 0 Å². The normalized spacial score (nSPS) is 10.6. The average Bonchev–Trinajstić information content (AvgIpc) is 2.38. The zero-order valence-corrected chi connectivity index (χ0v) is 12.4. The fourth-order valence-corrected chi connectivity index (χ4v) is 2.52. The Morgan fingerprint density at radius 1 is 1.40 bits per heavy atom. The van der Waals surface area contributed by atoms with Gasteiger partial charge in [0.1, 0.15) is 10.5 Å². The van der Waals surface area contributed by atoms with Gasteiger partial charge >= 0.3 is 0 Å². The summed E-state index contributed by atoms with van der Waals surface area (Å²) in [7, 11) is 0. The van der Waals surface area contributed by atoms with Crippen molar-refractivity contribution in [3.8, 4) is 11.4 Å². The number of benzene rings is 1. The zero-order chi connectivity index (χ0) is 14.9. The molecule has 0 atom stereocenters. The van der Waals surface area contributed by atoms with Crippen molar-refractivity contribution in [1.29, 1.82) is 0 Å². The summed E-state index contributed by atoms with van der Waals surface area (Å²) >= 11 is 5.29. The summed E-state index contributed by atoms with van der Waals surface area (Å²) in [6, 6.07) is 4.73. The lowest BCUT2D eigenvalue weighted by Gasteiger charge is -2.09. The first-order valence-corrected chi connectivity index (χ1v) is 6.70. The average molecular weight is 289 g/mol. The van der Waals surface area contributed by atoms with Crippen LogP contribution < -0.4 is 0 Å². The van der Waals surface area contributed by atoms with Crippen molar-refractivity contribution >= 4 is 17.9 Å². The number of aromatic nitrogens is 2. The number of nitrogens with one attached hydrogen (secondary N) is 1. The van der Waals surface area contributed by atoms with Crippen LogP contribution in [-0.4, -0.2) is 14.9 Å². The molecule has 1 heterocycles. The topological polar surface area (TPSA) is 71.8 Å². The van der Waals surface area contributed by atoms with Crippen LogP contribution in [0.25, 0.3) is 11.4 Å². The van der Waals surface area contributed by atoms with E-state index in [1.54, 1.807) is 6.07 Å². The van der Waals surface area contributed by atoms with Crippen LogP contribution in [0.2, 0.25) is 0 Å². The largest absolute Gasteiger partial charge is 0.343 e. The SMILES string of the molecule is CCc1c(C)[nH]c(-c2cc([N+](=O)[O-])ccc2C)nc1=S. The molecule has 0 aliphatic heterocycles. The second kappa shape index (κ2) is 5.50. The van der Waals surface area contributed by atoms with Crippen LogP contribution in [-0.2, 0) is 6.42 Å². The Bertz CT molecular complexity index is 738. The molecule has 2 aromatic rings. The Hall–Kier alpha value is -2.08. The summed E-state index contributed by atoms with van der Waals surface area (Å²) in [5.74, 6) is 0.575. The summed E-state index contributed by atoms with van der Waals surface area (Å²) in [6.45, 7) is 5.85. The molecule has 0 fully saturated rings. The van der Waals surface area contributed by atoms with Crippen LogP contribution >= 0.6 is 12.2 Å². The molecule has 0 amide bonds. The van der Waals surface area contributed by atoms with Gasteiger partial charge in [0.15, 0.2) is 0 Å². The molecule has 0 saturated heterocycles. The molecule has 0 bridgehead atoms. The first kappa shape index (κ1) is 14.3. The molecular formula is C14H15N3O2S. The number of nitro benzene ring substituents is 1. The van der Waals surface area contributed by atoms with Gasteiger partial charge in [0.25, 0.3) is 5.69 Å². The molecule has 2 rings (SSSR count). The molecule has 0 aliphatic carbocycles. The van der Waals surface area contributed by atoms with E-state index in [9.17, 15) is 10.1 Å². The van der Waals surface area contributed by atoms with Crippen LogP contribution in [0.5, 0.6) is 0 Å². The Morgan fingerprint density at radius 3 is 2.65 bits per heavy atom. The van der Waals surface area contributed by atoms with Crippen LogP contribution in [0.15, 0.2) is 18.2 Å². The van der Waals surface area contributed by atoms with Crippen molar-refractivity contribution in [3.05, 3.63) is 49.8 Å². The third-order valence-corrected chi connectivity index (χ3v) is 3.61. The minimum absolute atomic E-state index is 0.0453. The number of aryl methyl sites for hydroxylation is 2. The van der Waals surface area contributed by atoms with E-state index in [1.807, 2.05) is 20.8 Å². The molecule has 0 radical (unpaired) electrons. The standard InChI is InChI=1S/C14H15N3O2S/c1-4-11-9(3)15-13(16-14(11)20)12-7-10(17(18)19)6-5-8(12)2/h5-7H,4H2,1-3H3,(H,15,16,20). The molecule has 0 aliphatic rings. The van der Waals surface area contributed by atoms with Gasteiger partial charge in [-0.3, -0.25) is 10.1 Å². The minimum Gasteiger partial charge on any atom is -0.343 e. The zero-order valence-electron chi connectivity index (χ0n) is 11.6. The van der Waals surface area contributed by atoms with Crippen molar-refractivity contribution in [2.75, 3.05) is 0 Å². The molecule has 5 nitrogen and oxygen atoms in total. The van der Waals surface area contributed by atoms with E-state index in [1.165, 1.54) is 12.1 Å². The van der Waals surface area contributed by atoms with Gasteiger partial charge < -0.3 is 4.98 Å². The molecule has 1 N–H and O–H groups in total. The lowest BCUT2D eigenvalue weighted by atomic mass is 10.1. The highest BCUT2D eigenvalue weighted by atomic mass is 32.1. The quantitative estimate of drug-likeness (QED) is 0.528. The van der Waals surface area contributed by atoms with E-state index < -0.39 is 4.92 Å². The molecule has 1 aromatic carbocycles. The second-order valence-corrected chi connectivity index (χ2v) is 4.99. The lowest BCUT2D eigenvalue weighted by molar-refractivity contribution is -0.384. The molecule has 20 heavy (non-hydrogen) atoms. The third-order valence-electron chi connectivity index (χ3n) is 3.27. The maximum absolute atomic E-state index is 10.9. The van der Waals surface area contributed by atoms with Gasteiger partial charge in [-0.2, -0.15) is 0 Å². The number of nitrogens with zero attached hydrogens (tertiary/aromatic N) is 2. The molecule has 0 saturated carbocycles. The van der Waals surface area contributed by atoms with E-state index in [0.29, 0.717) is 16.0 Å². The van der Waals surface area contributed by atoms with Crippen LogP contribution in [0.1, 0.15) is 23.7 Å². The van der Waals surface area contributed by atoms with Gasteiger partial charge in [-0.05, 0) is 25.8 Å². The second-order valence-electron chi connectivity index (χ2n) is 4.60. The maximum atomic E-state index is 10.9. The fourth-order valence-electron chi connectivity index (χ4n) is 2.13. The van der Waals surface area contributed by atoms with Crippen molar-refractivity contribution in [2.45, 2.75) is 27.2 Å². The Kier molecular flexibility index (Phi) is 3.94. The van der Waals surface area contributed by atoms with E-state index in [0.717, 1.165) is 23.2 Å². The van der Waals surface area contributed by atoms with Crippen LogP contribution in [0.4, 0.5) is 5.69 Å². The van der Waals surface area contributed by atoms with E-state index in [2.05, 4.69) is 9.97 Å². The molecule has 1 aromatic heterocycles. The highest BCUT2D eigenvalue weighted by Gasteiger charge is 2.13. The lowest BCUT2D eigenvalue weighted by Crippen LogP contribution is -2.00. The Labute approximate surface area is 121 Å². The molecule has 104 valence electrons. The number of nitro groups is 1. The van der Waals surface area contributed by atoms with E-state index in [4.69, 9.17) is 12.2 Å². The van der Waals surface area contributed by atoms with Gasteiger partial charge in [-0.25, -0.2) is 4.98 Å². The summed E-state index contributed by atoms with van der Waals surface area (Å²) in [6.07, 6.45) is 0.808. The van der Waals surface area contributed by atoms with Gasteiger partial charge in [0.2, 0.25) is 0 Å². The molecule has 6 heteroatoms. The van der Waals surface area contributed by atoms with Crippen molar-refractivity contribution in [3.63, 3.8) is 0 Å². The third kappa shape index (κ3) is 2.60. The molecular weight excluding hydrogens is 274 g/mol. The first-order valence-electron chi connectivity index (χ1n) is 6.29. The number of aromatic amines is 1. The van der Waals surface area contributed by atoms with Crippen molar-refractivity contribution in [1.82, 2.24) is 9.97 Å². The van der Waals surface area contributed by atoms with Gasteiger partial charge in [-0.1, -0.05) is 25.2 Å². The van der Waals surface area contributed by atoms with Crippen LogP contribution in [0, 0.1) is 28.6 Å². The van der Waals surface area contributed by atoms with Crippen molar-refractivity contribution < 1.29 is 4.92 Å². The van der Waals surface area contributed by atoms with E-state index in [-0.39, 0.29) is 5.69 Å². The number of non-ortho nitro benzene ring substituents is 1. The summed E-state index contributed by atoms with van der Waals surface area (Å²) in [4.78, 5) is 18.0. The predicted octanol–water partition coefficient (Wildman–Crippen LogP) is 3.89. The number of rotatable bonds is 3. The van der Waals surface area contributed by atoms with E-state index >= 15 is 0 Å². The molecule has 0 unspecified atom stereocenters. The maximum Gasteiger partial charge on any atom is 0.270 e. The summed E-state index contributed by atoms with van der Waals surface area (Å²) in [5.41, 5.74) is 3.62. The van der Waals surface area contributed by atoms with Crippen molar-refractivity contribution in [2.24, 2.45) is 0 Å². The van der Waals surface area contributed by atoms with Gasteiger partial charge in [0, 0.05) is 29.0 Å². The fraction of sp³-hybridized carbons (Fsp3) is 0.286. The highest BCUT2D eigenvalue weighted by molar-refractivity contribution is 7.71. The number of hydrogen-bond donors (Lipinski definition) is 1. The monoisotopic (exact) mass is 289 g/mol. The van der Waals surface area contributed by atoms with Crippen LogP contribution in [0.3, 0.4) is 0 Å². The predicted molar refractivity (Wildman–Crippen MR) is 80.4 cm³/mol. The smallest absolute Gasteiger partial charge is 0.270 e. The summed E-state index contributed by atoms with van der Waals surface area (Å²) in [5, 5.41) is 10.9. The Morgan fingerprint density at radius 2 is 2.10 bits per heavy atom. The van der Waals surface area contributed by atoms with Gasteiger partial charge in [0.05, 0.1) is 4.92 Å². The molecule has 0 spiro atoms. The minimum atomic E-state index is -0.412. The highest BCUT2D eigenvalue weighted by Crippen LogP contribution is 2.25. The number of hydrogen-bond acceptors (Lipinski definition) is 4. The summed E-state index contributed by atoms with van der Waals surface area (Å²) < 4.78 is 0.546. The number of H-pyrrole nitrogens is 1. The first-order chi connectivity index (χ1) is 9.43.